The van der Waals surface area contributed by atoms with E-state index in [4.69, 9.17) is 0 Å². The molecule has 0 spiro atoms. The number of fused-ring (bicyclic) bond motifs is 2. The van der Waals surface area contributed by atoms with Crippen LogP contribution >= 0.6 is 0 Å². The highest BCUT2D eigenvalue weighted by Gasteiger charge is 2.31. The molecule has 1 aliphatic rings. The SMILES string of the molecule is Cn1nc(C(C)(C)C)cc1NS(=O)(=O)c1ccc2c(c1)C(=O)c1ccccc1C2=O. The van der Waals surface area contributed by atoms with Crippen molar-refractivity contribution in [1.82, 2.24) is 9.78 Å². The summed E-state index contributed by atoms with van der Waals surface area (Å²) in [4.78, 5) is 25.5. The molecule has 8 heteroatoms. The van der Waals surface area contributed by atoms with Gasteiger partial charge in [-0.25, -0.2) is 8.42 Å². The van der Waals surface area contributed by atoms with Crippen LogP contribution in [0.25, 0.3) is 0 Å². The second kappa shape index (κ2) is 6.63. The first kappa shape index (κ1) is 20.0. The van der Waals surface area contributed by atoms with Gasteiger partial charge in [-0.05, 0) is 18.2 Å². The third-order valence-corrected chi connectivity index (χ3v) is 6.45. The maximum absolute atomic E-state index is 13.0. The molecule has 0 aliphatic heterocycles. The standard InChI is InChI=1S/C22H21N3O4S/c1-22(2,3)18-12-19(25(4)23-18)24-30(28,29)13-9-10-16-17(11-13)21(27)15-8-6-5-7-14(15)20(16)26/h5-12,24H,1-4H3. The molecule has 0 radical (unpaired) electrons. The number of aryl methyl sites for hydroxylation is 1. The quantitative estimate of drug-likeness (QED) is 0.545. The highest BCUT2D eigenvalue weighted by molar-refractivity contribution is 7.92. The van der Waals surface area contributed by atoms with Gasteiger partial charge in [-0.3, -0.25) is 19.0 Å². The molecule has 1 aromatic heterocycles. The van der Waals surface area contributed by atoms with Crippen molar-refractivity contribution < 1.29 is 18.0 Å². The predicted molar refractivity (Wildman–Crippen MR) is 112 cm³/mol. The maximum Gasteiger partial charge on any atom is 0.263 e. The fourth-order valence-electron chi connectivity index (χ4n) is 3.37. The lowest BCUT2D eigenvalue weighted by Gasteiger charge is -2.18. The minimum Gasteiger partial charge on any atom is -0.289 e. The van der Waals surface area contributed by atoms with Crippen molar-refractivity contribution in [2.75, 3.05) is 4.72 Å². The minimum atomic E-state index is -3.99. The number of ketones is 2. The average Bonchev–Trinajstić information content (AvgIpc) is 3.06. The highest BCUT2D eigenvalue weighted by Crippen LogP contribution is 2.30. The number of anilines is 1. The van der Waals surface area contributed by atoms with Gasteiger partial charge in [-0.1, -0.05) is 45.0 Å². The van der Waals surface area contributed by atoms with Gasteiger partial charge in [0.05, 0.1) is 10.6 Å². The van der Waals surface area contributed by atoms with Crippen molar-refractivity contribution in [3.8, 4) is 0 Å². The Morgan fingerprint density at radius 1 is 0.867 bits per heavy atom. The van der Waals surface area contributed by atoms with Gasteiger partial charge in [0.25, 0.3) is 10.0 Å². The second-order valence-electron chi connectivity index (χ2n) is 8.31. The largest absolute Gasteiger partial charge is 0.289 e. The molecule has 3 aromatic rings. The van der Waals surface area contributed by atoms with Crippen molar-refractivity contribution in [3.63, 3.8) is 0 Å². The molecule has 154 valence electrons. The summed E-state index contributed by atoms with van der Waals surface area (Å²) >= 11 is 0. The van der Waals surface area contributed by atoms with Crippen LogP contribution in [0.1, 0.15) is 58.3 Å². The molecule has 0 bridgehead atoms. The Morgan fingerprint density at radius 2 is 1.43 bits per heavy atom. The number of carbonyl (C=O) groups is 2. The third kappa shape index (κ3) is 3.23. The van der Waals surface area contributed by atoms with Crippen LogP contribution in [0.2, 0.25) is 0 Å². The number of hydrogen-bond acceptors (Lipinski definition) is 5. The monoisotopic (exact) mass is 423 g/mol. The molecule has 4 rings (SSSR count). The Kier molecular flexibility index (Phi) is 4.43. The van der Waals surface area contributed by atoms with E-state index in [0.717, 1.165) is 5.69 Å². The van der Waals surface area contributed by atoms with Crippen molar-refractivity contribution in [3.05, 3.63) is 76.5 Å². The Balaban J connectivity index is 1.73. The molecule has 1 N–H and O–H groups in total. The molecular formula is C22H21N3O4S. The summed E-state index contributed by atoms with van der Waals surface area (Å²) in [6.45, 7) is 5.95. The van der Waals surface area contributed by atoms with Crippen molar-refractivity contribution in [1.29, 1.82) is 0 Å². The highest BCUT2D eigenvalue weighted by atomic mass is 32.2. The van der Waals surface area contributed by atoms with Crippen LogP contribution in [-0.4, -0.2) is 29.8 Å². The van der Waals surface area contributed by atoms with E-state index in [1.54, 1.807) is 37.4 Å². The summed E-state index contributed by atoms with van der Waals surface area (Å²) in [5.74, 6) is -0.350. The Morgan fingerprint density at radius 3 is 2.00 bits per heavy atom. The molecule has 0 saturated carbocycles. The Bertz CT molecular complexity index is 1310. The summed E-state index contributed by atoms with van der Waals surface area (Å²) < 4.78 is 30.0. The summed E-state index contributed by atoms with van der Waals surface area (Å²) in [6.07, 6.45) is 0. The molecule has 2 aromatic carbocycles. The summed E-state index contributed by atoms with van der Waals surface area (Å²) in [5.41, 5.74) is 1.39. The lowest BCUT2D eigenvalue weighted by Crippen LogP contribution is -2.22. The molecule has 0 fully saturated rings. The van der Waals surface area contributed by atoms with E-state index in [1.165, 1.54) is 22.9 Å². The summed E-state index contributed by atoms with van der Waals surface area (Å²) in [5, 5.41) is 4.37. The molecule has 0 saturated heterocycles. The number of rotatable bonds is 3. The predicted octanol–water partition coefficient (Wildman–Crippen LogP) is 3.29. The van der Waals surface area contributed by atoms with Crippen molar-refractivity contribution >= 4 is 27.4 Å². The van der Waals surface area contributed by atoms with Crippen LogP contribution < -0.4 is 4.72 Å². The number of aromatic nitrogens is 2. The van der Waals surface area contributed by atoms with Crippen LogP contribution in [0.5, 0.6) is 0 Å². The lowest BCUT2D eigenvalue weighted by molar-refractivity contribution is 0.0979. The zero-order valence-electron chi connectivity index (χ0n) is 17.1. The van der Waals surface area contributed by atoms with Gasteiger partial charge in [0.15, 0.2) is 11.6 Å². The Hall–Kier alpha value is -3.26. The van der Waals surface area contributed by atoms with E-state index < -0.39 is 10.0 Å². The zero-order valence-corrected chi connectivity index (χ0v) is 17.9. The second-order valence-corrected chi connectivity index (χ2v) is 9.99. The fourth-order valence-corrected chi connectivity index (χ4v) is 4.48. The molecule has 0 atom stereocenters. The molecular weight excluding hydrogens is 402 g/mol. The normalized spacial score (nSPS) is 13.7. The van der Waals surface area contributed by atoms with Gasteiger partial charge in [-0.15, -0.1) is 0 Å². The Labute approximate surface area is 174 Å². The number of benzene rings is 2. The van der Waals surface area contributed by atoms with Crippen LogP contribution in [0, 0.1) is 0 Å². The van der Waals surface area contributed by atoms with Crippen LogP contribution in [0.3, 0.4) is 0 Å². The molecule has 0 amide bonds. The van der Waals surface area contributed by atoms with Gasteiger partial charge in [-0.2, -0.15) is 5.10 Å². The lowest BCUT2D eigenvalue weighted by atomic mass is 9.84. The molecule has 7 nitrogen and oxygen atoms in total. The number of hydrogen-bond donors (Lipinski definition) is 1. The van der Waals surface area contributed by atoms with Gasteiger partial charge in [0, 0.05) is 40.8 Å². The van der Waals surface area contributed by atoms with Crippen LogP contribution in [0.15, 0.2) is 53.4 Å². The topological polar surface area (TPSA) is 98.1 Å². The summed E-state index contributed by atoms with van der Waals surface area (Å²) in [6, 6.07) is 12.2. The first-order chi connectivity index (χ1) is 14.0. The van der Waals surface area contributed by atoms with E-state index in [1.807, 2.05) is 20.8 Å². The average molecular weight is 423 g/mol. The van der Waals surface area contributed by atoms with Gasteiger partial charge in [0.2, 0.25) is 0 Å². The first-order valence-corrected chi connectivity index (χ1v) is 10.9. The molecule has 0 unspecified atom stereocenters. The zero-order chi connectivity index (χ0) is 21.8. The molecule has 30 heavy (non-hydrogen) atoms. The van der Waals surface area contributed by atoms with Crippen LogP contribution in [-0.2, 0) is 22.5 Å². The fraction of sp³-hybridized carbons (Fsp3) is 0.227. The van der Waals surface area contributed by atoms with Crippen molar-refractivity contribution in [2.24, 2.45) is 7.05 Å². The third-order valence-electron chi connectivity index (χ3n) is 5.09. The van der Waals surface area contributed by atoms with Crippen LogP contribution in [0.4, 0.5) is 5.82 Å². The summed E-state index contributed by atoms with van der Waals surface area (Å²) in [7, 11) is -2.34. The van der Waals surface area contributed by atoms with E-state index in [2.05, 4.69) is 9.82 Å². The number of nitrogens with zero attached hydrogens (tertiary/aromatic N) is 2. The smallest absolute Gasteiger partial charge is 0.263 e. The minimum absolute atomic E-state index is 0.0851. The number of carbonyl (C=O) groups excluding carboxylic acids is 2. The van der Waals surface area contributed by atoms with Crippen molar-refractivity contribution in [2.45, 2.75) is 31.1 Å². The number of nitrogens with one attached hydrogen (secondary N) is 1. The van der Waals surface area contributed by atoms with E-state index >= 15 is 0 Å². The maximum atomic E-state index is 13.0. The van der Waals surface area contributed by atoms with Gasteiger partial charge < -0.3 is 0 Å². The first-order valence-electron chi connectivity index (χ1n) is 9.39. The van der Waals surface area contributed by atoms with E-state index in [9.17, 15) is 18.0 Å². The van der Waals surface area contributed by atoms with Gasteiger partial charge in [0.1, 0.15) is 5.82 Å². The van der Waals surface area contributed by atoms with Gasteiger partial charge >= 0.3 is 0 Å². The number of sulfonamides is 1. The molecule has 1 aliphatic carbocycles. The molecule has 1 heterocycles. The van der Waals surface area contributed by atoms with E-state index in [-0.39, 0.29) is 38.6 Å². The van der Waals surface area contributed by atoms with E-state index in [0.29, 0.717) is 11.4 Å².